The van der Waals surface area contributed by atoms with E-state index in [0.29, 0.717) is 6.61 Å². The molecule has 0 aromatic rings. The largest absolute Gasteiger partial charge is 0.390 e. The van der Waals surface area contributed by atoms with Crippen molar-refractivity contribution in [1.29, 1.82) is 0 Å². The van der Waals surface area contributed by atoms with E-state index < -0.39 is 6.10 Å². The Morgan fingerprint density at radius 1 is 1.50 bits per heavy atom. The van der Waals surface area contributed by atoms with Crippen molar-refractivity contribution in [2.24, 2.45) is 5.92 Å². The third-order valence-corrected chi connectivity index (χ3v) is 1.77. The molecule has 0 aliphatic carbocycles. The van der Waals surface area contributed by atoms with E-state index in [1.54, 1.807) is 6.08 Å². The van der Waals surface area contributed by atoms with E-state index in [-0.39, 0.29) is 12.0 Å². The first kappa shape index (κ1) is 11.7. The predicted molar refractivity (Wildman–Crippen MR) is 51.1 cm³/mol. The molecule has 0 fully saturated rings. The van der Waals surface area contributed by atoms with Gasteiger partial charge in [-0.05, 0) is 12.3 Å². The second-order valence-corrected chi connectivity index (χ2v) is 3.31. The Morgan fingerprint density at radius 2 is 2.08 bits per heavy atom. The number of rotatable bonds is 6. The van der Waals surface area contributed by atoms with E-state index >= 15 is 0 Å². The van der Waals surface area contributed by atoms with Crippen LogP contribution in [0.25, 0.3) is 0 Å². The van der Waals surface area contributed by atoms with Crippen molar-refractivity contribution in [3.05, 3.63) is 12.7 Å². The fourth-order valence-electron chi connectivity index (χ4n) is 0.939. The Kier molecular flexibility index (Phi) is 6.03. The lowest BCUT2D eigenvalue weighted by Gasteiger charge is -2.22. The Hall–Kier alpha value is -0.340. The molecule has 0 saturated carbocycles. The fraction of sp³-hybridized carbons (Fsp3) is 0.800. The van der Waals surface area contributed by atoms with Gasteiger partial charge in [-0.2, -0.15) is 0 Å². The molecule has 2 atom stereocenters. The van der Waals surface area contributed by atoms with Gasteiger partial charge in [0.25, 0.3) is 0 Å². The highest BCUT2D eigenvalue weighted by Gasteiger charge is 2.19. The van der Waals surface area contributed by atoms with Crippen LogP contribution in [0, 0.1) is 5.92 Å². The summed E-state index contributed by atoms with van der Waals surface area (Å²) in [5, 5.41) is 9.62. The second kappa shape index (κ2) is 6.21. The summed E-state index contributed by atoms with van der Waals surface area (Å²) in [4.78, 5) is 0. The van der Waals surface area contributed by atoms with Gasteiger partial charge in [-0.25, -0.2) is 0 Å². The third kappa shape index (κ3) is 3.88. The first-order valence-corrected chi connectivity index (χ1v) is 4.55. The molecule has 0 aliphatic rings. The van der Waals surface area contributed by atoms with Crippen LogP contribution in [0.2, 0.25) is 0 Å². The molecular formula is C10H20O2. The van der Waals surface area contributed by atoms with Crippen LogP contribution in [-0.2, 0) is 4.74 Å². The number of hydrogen-bond donors (Lipinski definition) is 1. The monoisotopic (exact) mass is 172 g/mol. The summed E-state index contributed by atoms with van der Waals surface area (Å²) < 4.78 is 5.40. The summed E-state index contributed by atoms with van der Waals surface area (Å²) in [6.45, 7) is 10.3. The summed E-state index contributed by atoms with van der Waals surface area (Å²) in [6.07, 6.45) is 1.98. The van der Waals surface area contributed by atoms with Crippen molar-refractivity contribution in [2.75, 3.05) is 6.61 Å². The Morgan fingerprint density at radius 3 is 2.42 bits per heavy atom. The molecule has 0 aliphatic heterocycles. The molecular weight excluding hydrogens is 152 g/mol. The first-order valence-electron chi connectivity index (χ1n) is 4.55. The molecule has 0 spiro atoms. The molecule has 1 N–H and O–H groups in total. The highest BCUT2D eigenvalue weighted by molar-refractivity contribution is 4.87. The predicted octanol–water partition coefficient (Wildman–Crippen LogP) is 1.98. The highest BCUT2D eigenvalue weighted by atomic mass is 16.5. The van der Waals surface area contributed by atoms with Gasteiger partial charge in [-0.15, -0.1) is 6.58 Å². The number of aliphatic hydroxyl groups excluding tert-OH is 1. The molecule has 72 valence electrons. The standard InChI is InChI=1S/C10H20O2/c1-5-7-12-9(6-2)10(11)8(3)4/h6,8-11H,2,5,7H2,1,3-4H3/t9-,10-/m0/s1. The van der Waals surface area contributed by atoms with E-state index in [2.05, 4.69) is 6.58 Å². The van der Waals surface area contributed by atoms with E-state index in [1.165, 1.54) is 0 Å². The lowest BCUT2D eigenvalue weighted by Crippen LogP contribution is -2.31. The van der Waals surface area contributed by atoms with Crippen molar-refractivity contribution in [2.45, 2.75) is 39.4 Å². The van der Waals surface area contributed by atoms with Gasteiger partial charge in [0.15, 0.2) is 0 Å². The molecule has 0 radical (unpaired) electrons. The molecule has 12 heavy (non-hydrogen) atoms. The van der Waals surface area contributed by atoms with Crippen LogP contribution in [-0.4, -0.2) is 23.9 Å². The van der Waals surface area contributed by atoms with Crippen LogP contribution in [0.3, 0.4) is 0 Å². The average Bonchev–Trinajstić information content (AvgIpc) is 2.05. The minimum atomic E-state index is -0.436. The van der Waals surface area contributed by atoms with Crippen LogP contribution >= 0.6 is 0 Å². The fourth-order valence-corrected chi connectivity index (χ4v) is 0.939. The summed E-state index contributed by atoms with van der Waals surface area (Å²) in [6, 6.07) is 0. The Labute approximate surface area is 75.2 Å². The van der Waals surface area contributed by atoms with Crippen molar-refractivity contribution < 1.29 is 9.84 Å². The molecule has 0 aromatic carbocycles. The normalized spacial score (nSPS) is 16.1. The number of ether oxygens (including phenoxy) is 1. The van der Waals surface area contributed by atoms with Gasteiger partial charge in [0.2, 0.25) is 0 Å². The minimum Gasteiger partial charge on any atom is -0.390 e. The lowest BCUT2D eigenvalue weighted by molar-refractivity contribution is -0.0299. The van der Waals surface area contributed by atoms with Gasteiger partial charge >= 0.3 is 0 Å². The van der Waals surface area contributed by atoms with Gasteiger partial charge < -0.3 is 9.84 Å². The third-order valence-electron chi connectivity index (χ3n) is 1.77. The topological polar surface area (TPSA) is 29.5 Å². The second-order valence-electron chi connectivity index (χ2n) is 3.31. The summed E-state index contributed by atoms with van der Waals surface area (Å²) >= 11 is 0. The van der Waals surface area contributed by atoms with Crippen molar-refractivity contribution >= 4 is 0 Å². The van der Waals surface area contributed by atoms with Crippen molar-refractivity contribution in [3.63, 3.8) is 0 Å². The summed E-state index contributed by atoms with van der Waals surface area (Å²) in [5.74, 6) is 0.213. The maximum atomic E-state index is 9.62. The molecule has 0 amide bonds. The van der Waals surface area contributed by atoms with Crippen LogP contribution in [0.15, 0.2) is 12.7 Å². The molecule has 2 nitrogen and oxygen atoms in total. The van der Waals surface area contributed by atoms with Gasteiger partial charge in [0.05, 0.1) is 6.10 Å². The molecule has 0 bridgehead atoms. The van der Waals surface area contributed by atoms with Gasteiger partial charge in [-0.3, -0.25) is 0 Å². The molecule has 0 saturated heterocycles. The van der Waals surface area contributed by atoms with Crippen LogP contribution in [0.5, 0.6) is 0 Å². The molecule has 0 rings (SSSR count). The van der Waals surface area contributed by atoms with Crippen LogP contribution in [0.4, 0.5) is 0 Å². The summed E-state index contributed by atoms with van der Waals surface area (Å²) in [5.41, 5.74) is 0. The average molecular weight is 172 g/mol. The zero-order valence-electron chi connectivity index (χ0n) is 8.29. The van der Waals surface area contributed by atoms with Gasteiger partial charge in [0.1, 0.15) is 6.10 Å². The first-order chi connectivity index (χ1) is 5.63. The van der Waals surface area contributed by atoms with E-state index in [0.717, 1.165) is 6.42 Å². The minimum absolute atomic E-state index is 0.213. The quantitative estimate of drug-likeness (QED) is 0.621. The van der Waals surface area contributed by atoms with Crippen LogP contribution < -0.4 is 0 Å². The maximum absolute atomic E-state index is 9.62. The lowest BCUT2D eigenvalue weighted by atomic mass is 10.0. The molecule has 0 unspecified atom stereocenters. The number of aliphatic hydroxyl groups is 1. The number of hydrogen-bond acceptors (Lipinski definition) is 2. The zero-order valence-corrected chi connectivity index (χ0v) is 8.29. The van der Waals surface area contributed by atoms with E-state index in [9.17, 15) is 5.11 Å². The maximum Gasteiger partial charge on any atom is 0.101 e. The smallest absolute Gasteiger partial charge is 0.101 e. The zero-order chi connectivity index (χ0) is 9.56. The molecule has 2 heteroatoms. The molecule has 0 aromatic heterocycles. The Balaban J connectivity index is 3.87. The molecule has 0 heterocycles. The summed E-state index contributed by atoms with van der Waals surface area (Å²) in [7, 11) is 0. The van der Waals surface area contributed by atoms with Crippen molar-refractivity contribution in [3.8, 4) is 0 Å². The van der Waals surface area contributed by atoms with Gasteiger partial charge in [0, 0.05) is 6.61 Å². The van der Waals surface area contributed by atoms with Crippen LogP contribution in [0.1, 0.15) is 27.2 Å². The van der Waals surface area contributed by atoms with E-state index in [1.807, 2.05) is 20.8 Å². The van der Waals surface area contributed by atoms with Gasteiger partial charge in [-0.1, -0.05) is 26.8 Å². The highest BCUT2D eigenvalue weighted by Crippen LogP contribution is 2.10. The Bertz CT molecular complexity index is 121. The van der Waals surface area contributed by atoms with E-state index in [4.69, 9.17) is 4.74 Å². The SMILES string of the molecule is C=C[C@H](OCCC)[C@@H](O)C(C)C. The van der Waals surface area contributed by atoms with Crippen molar-refractivity contribution in [1.82, 2.24) is 0 Å².